The average Bonchev–Trinajstić information content (AvgIpc) is 2.16. The van der Waals surface area contributed by atoms with E-state index in [0.717, 1.165) is 6.42 Å². The van der Waals surface area contributed by atoms with Gasteiger partial charge in [-0.05, 0) is 34.1 Å². The van der Waals surface area contributed by atoms with Gasteiger partial charge < -0.3 is 15.2 Å². The Labute approximate surface area is 96.2 Å². The fourth-order valence-electron chi connectivity index (χ4n) is 0.950. The van der Waals surface area contributed by atoms with E-state index in [9.17, 15) is 9.59 Å². The van der Waals surface area contributed by atoms with Crippen LogP contribution in [0.2, 0.25) is 0 Å². The lowest BCUT2D eigenvalue weighted by Gasteiger charge is -2.27. The van der Waals surface area contributed by atoms with Gasteiger partial charge in [0.1, 0.15) is 6.10 Å². The van der Waals surface area contributed by atoms with Crippen LogP contribution in [0.3, 0.4) is 0 Å². The van der Waals surface area contributed by atoms with E-state index in [1.807, 2.05) is 20.8 Å². The monoisotopic (exact) mass is 231 g/mol. The first-order valence-corrected chi connectivity index (χ1v) is 5.40. The zero-order chi connectivity index (χ0) is 12.9. The van der Waals surface area contributed by atoms with Gasteiger partial charge in [0.05, 0.1) is 0 Å². The topological polar surface area (TPSA) is 75.6 Å². The van der Waals surface area contributed by atoms with Gasteiger partial charge >= 0.3 is 5.97 Å². The highest BCUT2D eigenvalue weighted by Crippen LogP contribution is 2.08. The molecule has 0 aromatic carbocycles. The number of carbonyl (C=O) groups excluding carboxylic acids is 1. The average molecular weight is 231 g/mol. The molecule has 0 saturated heterocycles. The third-order valence-corrected chi connectivity index (χ3v) is 2.47. The molecule has 0 aromatic heterocycles. The molecule has 1 unspecified atom stereocenters. The lowest BCUT2D eigenvalue weighted by Crippen LogP contribution is -2.48. The number of carboxylic acid groups (broad SMARTS) is 1. The second kappa shape index (κ2) is 5.84. The number of carbonyl (C=O) groups is 2. The van der Waals surface area contributed by atoms with Gasteiger partial charge in [0.25, 0.3) is 0 Å². The van der Waals surface area contributed by atoms with Crippen LogP contribution in [0.1, 0.15) is 41.0 Å². The number of carboxylic acids is 1. The Morgan fingerprint density at radius 1 is 1.31 bits per heavy atom. The lowest BCUT2D eigenvalue weighted by molar-refractivity contribution is -0.156. The van der Waals surface area contributed by atoms with Gasteiger partial charge in [0.15, 0.2) is 6.10 Å². The van der Waals surface area contributed by atoms with Gasteiger partial charge in [-0.1, -0.05) is 6.92 Å². The quantitative estimate of drug-likeness (QED) is 0.719. The molecular formula is C11H21NO4. The molecule has 0 heterocycles. The van der Waals surface area contributed by atoms with E-state index < -0.39 is 18.2 Å². The molecule has 0 radical (unpaired) electrons. The third kappa shape index (κ3) is 5.11. The molecule has 16 heavy (non-hydrogen) atoms. The second-order valence-corrected chi connectivity index (χ2v) is 4.49. The Hall–Kier alpha value is -1.10. The van der Waals surface area contributed by atoms with Gasteiger partial charge in [-0.25, -0.2) is 4.79 Å². The molecule has 0 aliphatic rings. The van der Waals surface area contributed by atoms with Crippen LogP contribution in [-0.2, 0) is 14.3 Å². The highest BCUT2D eigenvalue weighted by molar-refractivity contribution is 5.81. The van der Waals surface area contributed by atoms with Crippen molar-refractivity contribution in [1.29, 1.82) is 0 Å². The van der Waals surface area contributed by atoms with E-state index in [0.29, 0.717) is 0 Å². The summed E-state index contributed by atoms with van der Waals surface area (Å²) in [4.78, 5) is 22.2. The van der Waals surface area contributed by atoms with Crippen LogP contribution in [0.5, 0.6) is 0 Å². The van der Waals surface area contributed by atoms with Crippen LogP contribution >= 0.6 is 0 Å². The number of nitrogens with one attached hydrogen (secondary N) is 1. The molecule has 0 aliphatic carbocycles. The molecule has 94 valence electrons. The molecule has 5 heteroatoms. The van der Waals surface area contributed by atoms with Gasteiger partial charge in [-0.15, -0.1) is 0 Å². The lowest BCUT2D eigenvalue weighted by atomic mass is 10.0. The highest BCUT2D eigenvalue weighted by Gasteiger charge is 2.25. The number of aliphatic carboxylic acids is 1. The molecule has 0 rings (SSSR count). The second-order valence-electron chi connectivity index (χ2n) is 4.49. The molecule has 1 amide bonds. The Morgan fingerprint density at radius 2 is 1.81 bits per heavy atom. The van der Waals surface area contributed by atoms with E-state index in [-0.39, 0.29) is 11.4 Å². The highest BCUT2D eigenvalue weighted by atomic mass is 16.5. The number of rotatable bonds is 6. The molecule has 5 nitrogen and oxygen atoms in total. The summed E-state index contributed by atoms with van der Waals surface area (Å²) in [6, 6.07) is 0. The zero-order valence-corrected chi connectivity index (χ0v) is 10.5. The van der Waals surface area contributed by atoms with Crippen LogP contribution in [0.4, 0.5) is 0 Å². The van der Waals surface area contributed by atoms with Crippen molar-refractivity contribution in [1.82, 2.24) is 5.32 Å². The maximum Gasteiger partial charge on any atom is 0.332 e. The van der Waals surface area contributed by atoms with Crippen molar-refractivity contribution in [2.24, 2.45) is 0 Å². The maximum absolute atomic E-state index is 11.6. The van der Waals surface area contributed by atoms with Crippen molar-refractivity contribution in [3.05, 3.63) is 0 Å². The SMILES string of the molecule is CCC(C)(C)NC(=O)C(C)O[C@H](C)C(=O)O. The summed E-state index contributed by atoms with van der Waals surface area (Å²) in [5.41, 5.74) is -0.304. The van der Waals surface area contributed by atoms with E-state index in [4.69, 9.17) is 9.84 Å². The van der Waals surface area contributed by atoms with Crippen molar-refractivity contribution >= 4 is 11.9 Å². The van der Waals surface area contributed by atoms with Gasteiger partial charge in [-0.2, -0.15) is 0 Å². The summed E-state index contributed by atoms with van der Waals surface area (Å²) in [6.45, 7) is 8.71. The number of hydrogen-bond acceptors (Lipinski definition) is 3. The minimum absolute atomic E-state index is 0.292. The van der Waals surface area contributed by atoms with E-state index >= 15 is 0 Å². The molecular weight excluding hydrogens is 210 g/mol. The predicted octanol–water partition coefficient (Wildman–Crippen LogP) is 1.17. The molecule has 2 atom stereocenters. The van der Waals surface area contributed by atoms with Crippen molar-refractivity contribution in [3.63, 3.8) is 0 Å². The minimum atomic E-state index is -1.07. The summed E-state index contributed by atoms with van der Waals surface area (Å²) >= 11 is 0. The van der Waals surface area contributed by atoms with Crippen LogP contribution in [0.15, 0.2) is 0 Å². The number of amides is 1. The normalized spacial score (nSPS) is 15.3. The van der Waals surface area contributed by atoms with Gasteiger partial charge in [0, 0.05) is 5.54 Å². The van der Waals surface area contributed by atoms with Gasteiger partial charge in [-0.3, -0.25) is 4.79 Å². The van der Waals surface area contributed by atoms with Crippen molar-refractivity contribution < 1.29 is 19.4 Å². The summed E-state index contributed by atoms with van der Waals surface area (Å²) in [5.74, 6) is -1.37. The first kappa shape index (κ1) is 14.9. The summed E-state index contributed by atoms with van der Waals surface area (Å²) in [7, 11) is 0. The largest absolute Gasteiger partial charge is 0.479 e. The maximum atomic E-state index is 11.6. The van der Waals surface area contributed by atoms with E-state index in [2.05, 4.69) is 5.32 Å². The van der Waals surface area contributed by atoms with Crippen molar-refractivity contribution in [2.45, 2.75) is 58.8 Å². The molecule has 0 spiro atoms. The summed E-state index contributed by atoms with van der Waals surface area (Å²) in [5, 5.41) is 11.4. The Morgan fingerprint density at radius 3 is 2.19 bits per heavy atom. The van der Waals surface area contributed by atoms with Crippen LogP contribution < -0.4 is 5.32 Å². The molecule has 0 aromatic rings. The summed E-state index contributed by atoms with van der Waals surface area (Å²) < 4.78 is 5.05. The number of hydrogen-bond donors (Lipinski definition) is 2. The molecule has 0 saturated carbocycles. The third-order valence-electron chi connectivity index (χ3n) is 2.47. The smallest absolute Gasteiger partial charge is 0.332 e. The first-order chi connectivity index (χ1) is 7.19. The Bertz CT molecular complexity index is 263. The number of ether oxygens (including phenoxy) is 1. The molecule has 0 aliphatic heterocycles. The van der Waals surface area contributed by atoms with E-state index in [1.54, 1.807) is 6.92 Å². The minimum Gasteiger partial charge on any atom is -0.479 e. The standard InChI is InChI=1S/C11H21NO4/c1-6-11(4,5)12-9(13)7(2)16-8(3)10(14)15/h7-8H,6H2,1-5H3,(H,12,13)(H,14,15)/t7?,8-/m1/s1. The summed E-state index contributed by atoms with van der Waals surface area (Å²) in [6.07, 6.45) is -0.956. The molecule has 2 N–H and O–H groups in total. The van der Waals surface area contributed by atoms with Crippen LogP contribution in [0, 0.1) is 0 Å². The molecule has 0 bridgehead atoms. The predicted molar refractivity (Wildman–Crippen MR) is 60.2 cm³/mol. The first-order valence-electron chi connectivity index (χ1n) is 5.40. The van der Waals surface area contributed by atoms with E-state index in [1.165, 1.54) is 6.92 Å². The van der Waals surface area contributed by atoms with Crippen LogP contribution in [-0.4, -0.2) is 34.7 Å². The van der Waals surface area contributed by atoms with Crippen LogP contribution in [0.25, 0.3) is 0 Å². The fraction of sp³-hybridized carbons (Fsp3) is 0.818. The van der Waals surface area contributed by atoms with Crippen molar-refractivity contribution in [3.8, 4) is 0 Å². The molecule has 0 fully saturated rings. The van der Waals surface area contributed by atoms with Gasteiger partial charge in [0.2, 0.25) is 5.91 Å². The Kier molecular flexibility index (Phi) is 5.44. The fourth-order valence-corrected chi connectivity index (χ4v) is 0.950. The Balaban J connectivity index is 4.25. The zero-order valence-electron chi connectivity index (χ0n) is 10.5. The van der Waals surface area contributed by atoms with Crippen molar-refractivity contribution in [2.75, 3.05) is 0 Å².